The summed E-state index contributed by atoms with van der Waals surface area (Å²) in [5.41, 5.74) is 0. The summed E-state index contributed by atoms with van der Waals surface area (Å²) in [5.74, 6) is -0.0770. The number of nitrogens with one attached hydrogen (secondary N) is 1. The third-order valence-corrected chi connectivity index (χ3v) is 11.0. The minimum Gasteiger partial charge on any atom is -0.394 e. The summed E-state index contributed by atoms with van der Waals surface area (Å²) in [7, 11) is 0. The summed E-state index contributed by atoms with van der Waals surface area (Å²) >= 11 is 0. The van der Waals surface area contributed by atoms with E-state index in [4.69, 9.17) is 0 Å². The SMILES string of the molecule is CCCCCCCCCC/C=C\CCCCCCCCCCCCCCCC(=O)NC(CO)C(O)/C=C/CC/C=C/CC/C=C/CCCCCCCCCC. The van der Waals surface area contributed by atoms with Crippen LogP contribution in [0.4, 0.5) is 0 Å². The molecule has 55 heavy (non-hydrogen) atoms. The van der Waals surface area contributed by atoms with Crippen molar-refractivity contribution >= 4 is 5.91 Å². The van der Waals surface area contributed by atoms with Gasteiger partial charge in [-0.3, -0.25) is 4.79 Å². The van der Waals surface area contributed by atoms with Gasteiger partial charge in [0.1, 0.15) is 0 Å². The first-order chi connectivity index (χ1) is 27.2. The van der Waals surface area contributed by atoms with E-state index in [1.54, 1.807) is 6.08 Å². The first-order valence-corrected chi connectivity index (χ1v) is 24.4. The molecular formula is C51H95NO3. The Labute approximate surface area is 344 Å². The number of aliphatic hydroxyl groups is 2. The van der Waals surface area contributed by atoms with Gasteiger partial charge >= 0.3 is 0 Å². The molecule has 0 fully saturated rings. The van der Waals surface area contributed by atoms with Gasteiger partial charge in [0.05, 0.1) is 18.8 Å². The normalized spacial score (nSPS) is 13.3. The molecule has 0 aromatic heterocycles. The van der Waals surface area contributed by atoms with Crippen molar-refractivity contribution in [2.45, 2.75) is 264 Å². The number of allylic oxidation sites excluding steroid dienone is 7. The molecule has 0 rings (SSSR count). The largest absolute Gasteiger partial charge is 0.394 e. The van der Waals surface area contributed by atoms with Gasteiger partial charge in [0.25, 0.3) is 0 Å². The highest BCUT2D eigenvalue weighted by Gasteiger charge is 2.17. The van der Waals surface area contributed by atoms with Crippen LogP contribution in [-0.2, 0) is 4.79 Å². The fourth-order valence-corrected chi connectivity index (χ4v) is 7.26. The predicted molar refractivity (Wildman–Crippen MR) is 244 cm³/mol. The molecule has 4 heteroatoms. The highest BCUT2D eigenvalue weighted by atomic mass is 16.3. The summed E-state index contributed by atoms with van der Waals surface area (Å²) in [6.45, 7) is 4.30. The van der Waals surface area contributed by atoms with Gasteiger partial charge in [-0.15, -0.1) is 0 Å². The number of aliphatic hydroxyl groups excluding tert-OH is 2. The van der Waals surface area contributed by atoms with E-state index >= 15 is 0 Å². The Morgan fingerprint density at radius 1 is 0.418 bits per heavy atom. The van der Waals surface area contributed by atoms with E-state index < -0.39 is 12.1 Å². The summed E-state index contributed by atoms with van der Waals surface area (Å²) in [6, 6.07) is -0.645. The topological polar surface area (TPSA) is 69.6 Å². The summed E-state index contributed by atoms with van der Waals surface area (Å²) < 4.78 is 0. The molecule has 0 aliphatic rings. The van der Waals surface area contributed by atoms with E-state index in [9.17, 15) is 15.0 Å². The van der Waals surface area contributed by atoms with Crippen molar-refractivity contribution in [1.29, 1.82) is 0 Å². The van der Waals surface area contributed by atoms with Crippen LogP contribution in [-0.4, -0.2) is 34.9 Å². The van der Waals surface area contributed by atoms with Crippen molar-refractivity contribution in [3.63, 3.8) is 0 Å². The van der Waals surface area contributed by atoms with Gasteiger partial charge in [-0.25, -0.2) is 0 Å². The van der Waals surface area contributed by atoms with Gasteiger partial charge in [0.15, 0.2) is 0 Å². The lowest BCUT2D eigenvalue weighted by Crippen LogP contribution is -2.45. The molecule has 0 aromatic rings. The third-order valence-electron chi connectivity index (χ3n) is 11.0. The first-order valence-electron chi connectivity index (χ1n) is 24.4. The molecule has 0 bridgehead atoms. The number of unbranched alkanes of at least 4 members (excludes halogenated alkanes) is 31. The van der Waals surface area contributed by atoms with E-state index in [1.165, 1.54) is 193 Å². The van der Waals surface area contributed by atoms with Crippen LogP contribution in [0.5, 0.6) is 0 Å². The van der Waals surface area contributed by atoms with Gasteiger partial charge < -0.3 is 15.5 Å². The lowest BCUT2D eigenvalue weighted by molar-refractivity contribution is -0.123. The fourth-order valence-electron chi connectivity index (χ4n) is 7.26. The molecular weight excluding hydrogens is 675 g/mol. The number of hydrogen-bond donors (Lipinski definition) is 3. The first kappa shape index (κ1) is 53.4. The average molecular weight is 770 g/mol. The summed E-state index contributed by atoms with van der Waals surface area (Å²) in [4.78, 5) is 12.4. The molecule has 3 N–H and O–H groups in total. The zero-order chi connectivity index (χ0) is 40.0. The summed E-state index contributed by atoms with van der Waals surface area (Å²) in [5, 5.41) is 23.0. The molecule has 0 aliphatic carbocycles. The second-order valence-corrected chi connectivity index (χ2v) is 16.5. The maximum atomic E-state index is 12.4. The Hall–Kier alpha value is -1.65. The van der Waals surface area contributed by atoms with E-state index in [-0.39, 0.29) is 12.5 Å². The molecule has 2 unspecified atom stereocenters. The van der Waals surface area contributed by atoms with Gasteiger partial charge in [0.2, 0.25) is 5.91 Å². The highest BCUT2D eigenvalue weighted by Crippen LogP contribution is 2.15. The monoisotopic (exact) mass is 770 g/mol. The number of hydrogen-bond acceptors (Lipinski definition) is 3. The molecule has 1 amide bonds. The quantitative estimate of drug-likeness (QED) is 0.0427. The van der Waals surface area contributed by atoms with Crippen molar-refractivity contribution in [1.82, 2.24) is 5.32 Å². The molecule has 0 saturated carbocycles. The lowest BCUT2D eigenvalue weighted by Gasteiger charge is -2.19. The van der Waals surface area contributed by atoms with Crippen LogP contribution in [0, 0.1) is 0 Å². The van der Waals surface area contributed by atoms with Gasteiger partial charge in [-0.05, 0) is 70.6 Å². The summed E-state index contributed by atoms with van der Waals surface area (Å²) in [6.07, 6.45) is 63.8. The maximum Gasteiger partial charge on any atom is 0.220 e. The zero-order valence-electron chi connectivity index (χ0n) is 36.9. The van der Waals surface area contributed by atoms with Crippen LogP contribution in [0.2, 0.25) is 0 Å². The minimum atomic E-state index is -0.870. The fraction of sp³-hybridized carbons (Fsp3) is 0.824. The Bertz CT molecular complexity index is 877. The van der Waals surface area contributed by atoms with Crippen LogP contribution in [0.3, 0.4) is 0 Å². The maximum absolute atomic E-state index is 12.4. The Balaban J connectivity index is 3.57. The Morgan fingerprint density at radius 3 is 1.05 bits per heavy atom. The molecule has 0 radical (unpaired) electrons. The van der Waals surface area contributed by atoms with E-state index in [0.29, 0.717) is 6.42 Å². The number of rotatable bonds is 44. The zero-order valence-corrected chi connectivity index (χ0v) is 36.9. The van der Waals surface area contributed by atoms with Crippen molar-refractivity contribution in [2.24, 2.45) is 0 Å². The molecule has 0 saturated heterocycles. The number of carbonyl (C=O) groups excluding carboxylic acids is 1. The van der Waals surface area contributed by atoms with Crippen LogP contribution in [0.1, 0.15) is 251 Å². The van der Waals surface area contributed by atoms with Crippen LogP contribution < -0.4 is 5.32 Å². The minimum absolute atomic E-state index is 0.0770. The average Bonchev–Trinajstić information content (AvgIpc) is 3.19. The molecule has 0 aliphatic heterocycles. The van der Waals surface area contributed by atoms with Crippen LogP contribution >= 0.6 is 0 Å². The third kappa shape index (κ3) is 43.3. The lowest BCUT2D eigenvalue weighted by atomic mass is 10.0. The van der Waals surface area contributed by atoms with E-state index in [0.717, 1.165) is 38.5 Å². The Morgan fingerprint density at radius 2 is 0.709 bits per heavy atom. The molecule has 0 heterocycles. The number of carbonyl (C=O) groups is 1. The molecule has 2 atom stereocenters. The van der Waals surface area contributed by atoms with Gasteiger partial charge in [0, 0.05) is 6.42 Å². The molecule has 0 aromatic carbocycles. The van der Waals surface area contributed by atoms with Gasteiger partial charge in [-0.2, -0.15) is 0 Å². The van der Waals surface area contributed by atoms with Crippen molar-refractivity contribution in [2.75, 3.05) is 6.61 Å². The van der Waals surface area contributed by atoms with Crippen molar-refractivity contribution < 1.29 is 15.0 Å². The molecule has 4 nitrogen and oxygen atoms in total. The standard InChI is InChI=1S/C51H95NO3/c1-3-5-7-9-11-13-15-17-19-21-23-24-25-26-27-28-29-31-33-35-37-39-41-43-45-47-51(55)52-49(48-53)50(54)46-44-42-40-38-36-34-32-30-22-20-18-16-14-12-10-8-6-4-2/h21-23,30,36,38,44,46,49-50,53-54H,3-20,24-29,31-35,37,39-43,45,47-48H2,1-2H3,(H,52,55)/b23-21-,30-22+,38-36+,46-44+. The van der Waals surface area contributed by atoms with Gasteiger partial charge in [-0.1, -0.05) is 223 Å². The van der Waals surface area contributed by atoms with Crippen LogP contribution in [0.25, 0.3) is 0 Å². The predicted octanol–water partition coefficient (Wildman–Crippen LogP) is 15.5. The second-order valence-electron chi connectivity index (χ2n) is 16.5. The second kappa shape index (κ2) is 46.7. The van der Waals surface area contributed by atoms with E-state index in [1.807, 2.05) is 6.08 Å². The molecule has 322 valence electrons. The van der Waals surface area contributed by atoms with E-state index in [2.05, 4.69) is 55.6 Å². The molecule has 0 spiro atoms. The van der Waals surface area contributed by atoms with Crippen molar-refractivity contribution in [3.8, 4) is 0 Å². The van der Waals surface area contributed by atoms with Crippen molar-refractivity contribution in [3.05, 3.63) is 48.6 Å². The number of amides is 1. The van der Waals surface area contributed by atoms with Crippen LogP contribution in [0.15, 0.2) is 48.6 Å². The smallest absolute Gasteiger partial charge is 0.220 e. The highest BCUT2D eigenvalue weighted by molar-refractivity contribution is 5.76. The Kier molecular flexibility index (Phi) is 45.3.